The number of aromatic nitrogens is 1. The number of hydrogen-bond acceptors (Lipinski definition) is 4. The quantitative estimate of drug-likeness (QED) is 0.753. The molecular formula is C23H23N3O2. The molecule has 0 atom stereocenters. The van der Waals surface area contributed by atoms with E-state index >= 15 is 0 Å². The van der Waals surface area contributed by atoms with Gasteiger partial charge in [0.1, 0.15) is 6.61 Å². The number of fused-ring (bicyclic) bond motifs is 1. The summed E-state index contributed by atoms with van der Waals surface area (Å²) < 4.78 is 5.49. The minimum Gasteiger partial charge on any atom is -0.445 e. The monoisotopic (exact) mass is 373 g/mol. The predicted octanol–water partition coefficient (Wildman–Crippen LogP) is 3.90. The third kappa shape index (κ3) is 3.75. The normalized spacial score (nSPS) is 13.1. The van der Waals surface area contributed by atoms with Crippen LogP contribution in [0.15, 0.2) is 66.9 Å². The van der Waals surface area contributed by atoms with Crippen LogP contribution < -0.4 is 5.73 Å². The maximum absolute atomic E-state index is 12.5. The Kier molecular flexibility index (Phi) is 5.35. The van der Waals surface area contributed by atoms with Crippen LogP contribution in [0.25, 0.3) is 11.3 Å². The van der Waals surface area contributed by atoms with Gasteiger partial charge in [-0.2, -0.15) is 0 Å². The number of rotatable bonds is 4. The Morgan fingerprint density at radius 3 is 2.68 bits per heavy atom. The fraction of sp³-hybridized carbons (Fsp3) is 0.217. The molecule has 1 aliphatic heterocycles. The van der Waals surface area contributed by atoms with E-state index in [0.717, 1.165) is 34.4 Å². The van der Waals surface area contributed by atoms with Gasteiger partial charge in [-0.3, -0.25) is 4.98 Å². The van der Waals surface area contributed by atoms with Crippen molar-refractivity contribution in [3.05, 3.63) is 89.1 Å². The Balaban J connectivity index is 1.51. The van der Waals surface area contributed by atoms with E-state index in [0.29, 0.717) is 19.6 Å². The fourth-order valence-electron chi connectivity index (χ4n) is 3.62. The molecule has 4 rings (SSSR count). The standard InChI is InChI=1S/C23H23N3O2/c24-14-18-8-4-5-9-20(18)22-21-11-13-26(15-19(21)10-12-25-22)23(27)28-16-17-6-2-1-3-7-17/h1-10,12H,11,13-16,24H2. The van der Waals surface area contributed by atoms with E-state index in [9.17, 15) is 4.79 Å². The van der Waals surface area contributed by atoms with Gasteiger partial charge in [0.25, 0.3) is 0 Å². The molecule has 0 fully saturated rings. The highest BCUT2D eigenvalue weighted by Gasteiger charge is 2.25. The van der Waals surface area contributed by atoms with Crippen LogP contribution >= 0.6 is 0 Å². The van der Waals surface area contributed by atoms with Crippen LogP contribution in [0.4, 0.5) is 4.79 Å². The molecule has 0 aliphatic carbocycles. The molecule has 0 spiro atoms. The first-order chi connectivity index (χ1) is 13.8. The van der Waals surface area contributed by atoms with Gasteiger partial charge in [0.2, 0.25) is 0 Å². The molecule has 5 nitrogen and oxygen atoms in total. The summed E-state index contributed by atoms with van der Waals surface area (Å²) in [5.74, 6) is 0. The summed E-state index contributed by atoms with van der Waals surface area (Å²) >= 11 is 0. The van der Waals surface area contributed by atoms with Crippen LogP contribution in [-0.2, 0) is 30.9 Å². The average Bonchev–Trinajstić information content (AvgIpc) is 2.77. The van der Waals surface area contributed by atoms with E-state index in [2.05, 4.69) is 11.1 Å². The van der Waals surface area contributed by atoms with Crippen LogP contribution in [0.3, 0.4) is 0 Å². The zero-order chi connectivity index (χ0) is 19.3. The highest BCUT2D eigenvalue weighted by molar-refractivity contribution is 5.71. The molecule has 5 heteroatoms. The molecule has 2 heterocycles. The Hall–Kier alpha value is -3.18. The molecule has 0 radical (unpaired) electrons. The van der Waals surface area contributed by atoms with Gasteiger partial charge >= 0.3 is 6.09 Å². The number of amides is 1. The van der Waals surface area contributed by atoms with E-state index in [1.54, 1.807) is 11.1 Å². The Labute approximate surface area is 164 Å². The lowest BCUT2D eigenvalue weighted by Gasteiger charge is -2.29. The van der Waals surface area contributed by atoms with Gasteiger partial charge in [0, 0.05) is 31.4 Å². The molecule has 142 valence electrons. The van der Waals surface area contributed by atoms with Crippen molar-refractivity contribution in [1.82, 2.24) is 9.88 Å². The van der Waals surface area contributed by atoms with E-state index in [-0.39, 0.29) is 12.7 Å². The second-order valence-electron chi connectivity index (χ2n) is 6.87. The molecule has 0 saturated carbocycles. The average molecular weight is 373 g/mol. The molecular weight excluding hydrogens is 350 g/mol. The maximum Gasteiger partial charge on any atom is 0.410 e. The smallest absolute Gasteiger partial charge is 0.410 e. The second-order valence-corrected chi connectivity index (χ2v) is 6.87. The zero-order valence-corrected chi connectivity index (χ0v) is 15.7. The number of carbonyl (C=O) groups is 1. The summed E-state index contributed by atoms with van der Waals surface area (Å²) in [7, 11) is 0. The molecule has 3 aromatic rings. The summed E-state index contributed by atoms with van der Waals surface area (Å²) in [4.78, 5) is 18.9. The minimum absolute atomic E-state index is 0.282. The van der Waals surface area contributed by atoms with Crippen LogP contribution in [-0.4, -0.2) is 22.5 Å². The van der Waals surface area contributed by atoms with Gasteiger partial charge in [-0.1, -0.05) is 54.6 Å². The molecule has 0 saturated heterocycles. The first-order valence-corrected chi connectivity index (χ1v) is 9.47. The van der Waals surface area contributed by atoms with E-state index in [1.165, 1.54) is 5.56 Å². The van der Waals surface area contributed by atoms with Crippen molar-refractivity contribution in [2.24, 2.45) is 5.73 Å². The zero-order valence-electron chi connectivity index (χ0n) is 15.7. The lowest BCUT2D eigenvalue weighted by atomic mass is 9.93. The molecule has 1 aromatic heterocycles. The fourth-order valence-corrected chi connectivity index (χ4v) is 3.62. The van der Waals surface area contributed by atoms with Crippen LogP contribution in [0.2, 0.25) is 0 Å². The number of hydrogen-bond donors (Lipinski definition) is 1. The number of nitrogens with zero attached hydrogens (tertiary/aromatic N) is 2. The third-order valence-corrected chi connectivity index (χ3v) is 5.10. The summed E-state index contributed by atoms with van der Waals surface area (Å²) in [5, 5.41) is 0. The molecule has 28 heavy (non-hydrogen) atoms. The number of benzene rings is 2. The number of carbonyl (C=O) groups excluding carboxylic acids is 1. The Bertz CT molecular complexity index is 973. The van der Waals surface area contributed by atoms with Gasteiger partial charge in [-0.25, -0.2) is 4.79 Å². The molecule has 1 aliphatic rings. The van der Waals surface area contributed by atoms with Crippen molar-refractivity contribution in [2.75, 3.05) is 6.54 Å². The summed E-state index contributed by atoms with van der Waals surface area (Å²) in [6.07, 6.45) is 2.27. The van der Waals surface area contributed by atoms with Crippen LogP contribution in [0.1, 0.15) is 22.3 Å². The van der Waals surface area contributed by atoms with Crippen molar-refractivity contribution < 1.29 is 9.53 Å². The highest BCUT2D eigenvalue weighted by Crippen LogP contribution is 2.30. The van der Waals surface area contributed by atoms with Gasteiger partial charge in [-0.05, 0) is 34.7 Å². The van der Waals surface area contributed by atoms with Gasteiger partial charge in [0.15, 0.2) is 0 Å². The second kappa shape index (κ2) is 8.23. The highest BCUT2D eigenvalue weighted by atomic mass is 16.6. The Morgan fingerprint density at radius 1 is 1.07 bits per heavy atom. The SMILES string of the molecule is NCc1ccccc1-c1nccc2c1CCN(C(=O)OCc1ccccc1)C2. The van der Waals surface area contributed by atoms with Gasteiger partial charge in [0.05, 0.1) is 5.69 Å². The van der Waals surface area contributed by atoms with Crippen molar-refractivity contribution in [2.45, 2.75) is 26.1 Å². The number of nitrogens with two attached hydrogens (primary N) is 1. The molecule has 2 aromatic carbocycles. The topological polar surface area (TPSA) is 68.5 Å². The molecule has 0 unspecified atom stereocenters. The minimum atomic E-state index is -0.282. The van der Waals surface area contributed by atoms with E-state index < -0.39 is 0 Å². The molecule has 2 N–H and O–H groups in total. The Morgan fingerprint density at radius 2 is 1.86 bits per heavy atom. The van der Waals surface area contributed by atoms with Crippen molar-refractivity contribution in [1.29, 1.82) is 0 Å². The maximum atomic E-state index is 12.5. The lowest BCUT2D eigenvalue weighted by molar-refractivity contribution is 0.0918. The lowest BCUT2D eigenvalue weighted by Crippen LogP contribution is -2.36. The summed E-state index contributed by atoms with van der Waals surface area (Å²) in [6, 6.07) is 19.8. The predicted molar refractivity (Wildman–Crippen MR) is 108 cm³/mol. The van der Waals surface area contributed by atoms with Crippen LogP contribution in [0, 0.1) is 0 Å². The summed E-state index contributed by atoms with van der Waals surface area (Å²) in [5.41, 5.74) is 12.3. The van der Waals surface area contributed by atoms with Crippen LogP contribution in [0.5, 0.6) is 0 Å². The van der Waals surface area contributed by atoms with Gasteiger partial charge in [-0.15, -0.1) is 0 Å². The third-order valence-electron chi connectivity index (χ3n) is 5.10. The van der Waals surface area contributed by atoms with Crippen molar-refractivity contribution in [3.63, 3.8) is 0 Å². The molecule has 1 amide bonds. The molecule has 0 bridgehead atoms. The first-order valence-electron chi connectivity index (χ1n) is 9.47. The number of ether oxygens (including phenoxy) is 1. The summed E-state index contributed by atoms with van der Waals surface area (Å²) in [6.45, 7) is 1.90. The van der Waals surface area contributed by atoms with Gasteiger partial charge < -0.3 is 15.4 Å². The van der Waals surface area contributed by atoms with Crippen molar-refractivity contribution >= 4 is 6.09 Å². The van der Waals surface area contributed by atoms with E-state index in [4.69, 9.17) is 10.5 Å². The largest absolute Gasteiger partial charge is 0.445 e. The van der Waals surface area contributed by atoms with Crippen molar-refractivity contribution in [3.8, 4) is 11.3 Å². The number of pyridine rings is 1. The first kappa shape index (κ1) is 18.2. The van der Waals surface area contributed by atoms with E-state index in [1.807, 2.05) is 54.6 Å².